The van der Waals surface area contributed by atoms with Crippen molar-refractivity contribution in [2.75, 3.05) is 26.6 Å². The first kappa shape index (κ1) is 18.3. The van der Waals surface area contributed by atoms with Gasteiger partial charge in [-0.2, -0.15) is 0 Å². The number of hydrogen-bond donors (Lipinski definition) is 1. The lowest BCUT2D eigenvalue weighted by Gasteiger charge is -2.14. The van der Waals surface area contributed by atoms with E-state index in [0.717, 1.165) is 11.3 Å². The molecule has 0 spiro atoms. The van der Waals surface area contributed by atoms with E-state index in [0.29, 0.717) is 37.9 Å². The van der Waals surface area contributed by atoms with Crippen molar-refractivity contribution in [3.05, 3.63) is 46.0 Å². The molecular formula is C18H15ClFNO4S. The van der Waals surface area contributed by atoms with E-state index in [2.05, 4.69) is 5.32 Å². The second-order valence-electron chi connectivity index (χ2n) is 5.25. The van der Waals surface area contributed by atoms with Gasteiger partial charge in [0.1, 0.15) is 10.7 Å². The first-order chi connectivity index (χ1) is 12.5. The fraction of sp³-hybridized carbons (Fsp3) is 0.167. The summed E-state index contributed by atoms with van der Waals surface area (Å²) in [4.78, 5) is 12.9. The van der Waals surface area contributed by atoms with E-state index in [4.69, 9.17) is 25.8 Å². The molecule has 0 saturated carbocycles. The van der Waals surface area contributed by atoms with Crippen LogP contribution in [0.1, 0.15) is 9.67 Å². The van der Waals surface area contributed by atoms with Crippen molar-refractivity contribution in [2.24, 2.45) is 0 Å². The minimum Gasteiger partial charge on any atom is -0.493 e. The monoisotopic (exact) mass is 395 g/mol. The number of carbonyl (C=O) groups excluding carboxylic acids is 1. The van der Waals surface area contributed by atoms with Crippen LogP contribution in [-0.4, -0.2) is 27.2 Å². The summed E-state index contributed by atoms with van der Waals surface area (Å²) >= 11 is 7.41. The van der Waals surface area contributed by atoms with E-state index < -0.39 is 5.91 Å². The Morgan fingerprint density at radius 3 is 2.31 bits per heavy atom. The van der Waals surface area contributed by atoms with E-state index in [1.165, 1.54) is 33.5 Å². The highest BCUT2D eigenvalue weighted by Gasteiger charge is 2.20. The lowest BCUT2D eigenvalue weighted by molar-refractivity contribution is 0.103. The molecular weight excluding hydrogens is 381 g/mol. The molecule has 136 valence electrons. The second kappa shape index (κ2) is 7.39. The fourth-order valence-corrected chi connectivity index (χ4v) is 3.96. The van der Waals surface area contributed by atoms with Crippen LogP contribution in [0.25, 0.3) is 10.1 Å². The van der Waals surface area contributed by atoms with Crippen LogP contribution in [0.2, 0.25) is 5.02 Å². The van der Waals surface area contributed by atoms with Crippen LogP contribution in [0.5, 0.6) is 17.2 Å². The molecule has 26 heavy (non-hydrogen) atoms. The summed E-state index contributed by atoms with van der Waals surface area (Å²) < 4.78 is 29.8. The van der Waals surface area contributed by atoms with Crippen molar-refractivity contribution in [1.82, 2.24) is 0 Å². The number of benzene rings is 2. The number of ether oxygens (including phenoxy) is 3. The number of thiophene rings is 1. The number of methoxy groups -OCH3 is 3. The topological polar surface area (TPSA) is 56.8 Å². The number of hydrogen-bond acceptors (Lipinski definition) is 5. The zero-order valence-electron chi connectivity index (χ0n) is 14.2. The molecule has 1 aromatic heterocycles. The van der Waals surface area contributed by atoms with Gasteiger partial charge < -0.3 is 19.5 Å². The number of halogens is 2. The fourth-order valence-electron chi connectivity index (χ4n) is 2.53. The molecule has 0 bridgehead atoms. The molecule has 3 rings (SSSR count). The van der Waals surface area contributed by atoms with Gasteiger partial charge in [0.15, 0.2) is 11.5 Å². The largest absolute Gasteiger partial charge is 0.493 e. The van der Waals surface area contributed by atoms with E-state index in [9.17, 15) is 9.18 Å². The molecule has 2 aromatic carbocycles. The standard InChI is InChI=1S/C18H15ClFNO4S/c1-23-12-7-10(8-13(24-2)16(12)25-3)21-18(22)17-15(19)11-5-4-9(20)6-14(11)26-17/h4-8H,1-3H3,(H,21,22). The summed E-state index contributed by atoms with van der Waals surface area (Å²) in [5.41, 5.74) is 0.448. The Hall–Kier alpha value is -2.51. The minimum absolute atomic E-state index is 0.287. The zero-order valence-corrected chi connectivity index (χ0v) is 15.8. The predicted molar refractivity (Wildman–Crippen MR) is 101 cm³/mol. The highest BCUT2D eigenvalue weighted by atomic mass is 35.5. The summed E-state index contributed by atoms with van der Waals surface area (Å²) in [5, 5.41) is 3.67. The molecule has 0 aliphatic rings. The van der Waals surface area contributed by atoms with Gasteiger partial charge in [-0.25, -0.2) is 4.39 Å². The Labute approximate surface area is 158 Å². The SMILES string of the molecule is COc1cc(NC(=O)c2sc3cc(F)ccc3c2Cl)cc(OC)c1OC. The highest BCUT2D eigenvalue weighted by molar-refractivity contribution is 7.21. The molecule has 3 aromatic rings. The van der Waals surface area contributed by atoms with Gasteiger partial charge in [-0.05, 0) is 18.2 Å². The zero-order chi connectivity index (χ0) is 18.8. The van der Waals surface area contributed by atoms with E-state index in [-0.39, 0.29) is 10.8 Å². The molecule has 5 nitrogen and oxygen atoms in total. The number of anilines is 1. The molecule has 0 radical (unpaired) electrons. The molecule has 0 aliphatic heterocycles. The van der Waals surface area contributed by atoms with Gasteiger partial charge in [0.05, 0.1) is 26.4 Å². The average molecular weight is 396 g/mol. The third-order valence-corrected chi connectivity index (χ3v) is 5.38. The number of carbonyl (C=O) groups is 1. The lowest BCUT2D eigenvalue weighted by Crippen LogP contribution is -2.11. The smallest absolute Gasteiger partial charge is 0.267 e. The van der Waals surface area contributed by atoms with E-state index in [1.54, 1.807) is 18.2 Å². The van der Waals surface area contributed by atoms with E-state index >= 15 is 0 Å². The summed E-state index contributed by atoms with van der Waals surface area (Å²) in [6.07, 6.45) is 0. The molecule has 1 N–H and O–H groups in total. The Morgan fingerprint density at radius 2 is 1.73 bits per heavy atom. The average Bonchev–Trinajstić information content (AvgIpc) is 2.96. The van der Waals surface area contributed by atoms with Crippen molar-refractivity contribution >= 4 is 44.6 Å². The summed E-state index contributed by atoms with van der Waals surface area (Å²) in [6, 6.07) is 7.43. The van der Waals surface area contributed by atoms with Crippen LogP contribution in [0.4, 0.5) is 10.1 Å². The molecule has 1 amide bonds. The van der Waals surface area contributed by atoms with Crippen molar-refractivity contribution in [3.8, 4) is 17.2 Å². The van der Waals surface area contributed by atoms with Crippen molar-refractivity contribution in [3.63, 3.8) is 0 Å². The van der Waals surface area contributed by atoms with Crippen LogP contribution in [0.15, 0.2) is 30.3 Å². The molecule has 0 saturated heterocycles. The second-order valence-corrected chi connectivity index (χ2v) is 6.68. The summed E-state index contributed by atoms with van der Waals surface area (Å²) in [7, 11) is 4.47. The predicted octanol–water partition coefficient (Wildman–Crippen LogP) is 4.97. The molecule has 1 heterocycles. The van der Waals surface area contributed by atoms with Crippen LogP contribution >= 0.6 is 22.9 Å². The van der Waals surface area contributed by atoms with E-state index in [1.807, 2.05) is 0 Å². The number of amides is 1. The lowest BCUT2D eigenvalue weighted by atomic mass is 10.2. The number of fused-ring (bicyclic) bond motifs is 1. The van der Waals surface area contributed by atoms with Gasteiger partial charge >= 0.3 is 0 Å². The summed E-state index contributed by atoms with van der Waals surface area (Å²) in [6.45, 7) is 0. The van der Waals surface area contributed by atoms with Gasteiger partial charge in [-0.3, -0.25) is 4.79 Å². The molecule has 0 aliphatic carbocycles. The highest BCUT2D eigenvalue weighted by Crippen LogP contribution is 2.41. The maximum atomic E-state index is 13.4. The quantitative estimate of drug-likeness (QED) is 0.662. The van der Waals surface area contributed by atoms with Crippen molar-refractivity contribution in [2.45, 2.75) is 0 Å². The molecule has 0 unspecified atom stereocenters. The Morgan fingerprint density at radius 1 is 1.08 bits per heavy atom. The first-order valence-corrected chi connectivity index (χ1v) is 8.66. The van der Waals surface area contributed by atoms with Gasteiger partial charge in [-0.1, -0.05) is 11.6 Å². The summed E-state index contributed by atoms with van der Waals surface area (Å²) in [5.74, 6) is 0.444. The normalized spacial score (nSPS) is 10.7. The molecule has 0 fully saturated rings. The van der Waals surface area contributed by atoms with Crippen LogP contribution in [0.3, 0.4) is 0 Å². The first-order valence-electron chi connectivity index (χ1n) is 7.47. The number of rotatable bonds is 5. The van der Waals surface area contributed by atoms with Gasteiger partial charge in [-0.15, -0.1) is 11.3 Å². The molecule has 0 atom stereocenters. The number of nitrogens with one attached hydrogen (secondary N) is 1. The van der Waals surface area contributed by atoms with Crippen LogP contribution < -0.4 is 19.5 Å². The third kappa shape index (κ3) is 3.27. The maximum Gasteiger partial charge on any atom is 0.267 e. The van der Waals surface area contributed by atoms with Crippen LogP contribution in [0, 0.1) is 5.82 Å². The van der Waals surface area contributed by atoms with Gasteiger partial charge in [0, 0.05) is 27.9 Å². The van der Waals surface area contributed by atoms with Gasteiger partial charge in [0.25, 0.3) is 5.91 Å². The third-order valence-electron chi connectivity index (χ3n) is 3.72. The van der Waals surface area contributed by atoms with Gasteiger partial charge in [0.2, 0.25) is 5.75 Å². The Balaban J connectivity index is 1.96. The molecule has 8 heteroatoms. The van der Waals surface area contributed by atoms with Crippen molar-refractivity contribution < 1.29 is 23.4 Å². The Bertz CT molecular complexity index is 964. The minimum atomic E-state index is -0.411. The van der Waals surface area contributed by atoms with Crippen LogP contribution in [-0.2, 0) is 0 Å². The van der Waals surface area contributed by atoms with Crippen molar-refractivity contribution in [1.29, 1.82) is 0 Å². The maximum absolute atomic E-state index is 13.4. The Kier molecular flexibility index (Phi) is 5.20.